The number of aryl methyl sites for hydroxylation is 2. The van der Waals surface area contributed by atoms with Crippen molar-refractivity contribution in [3.63, 3.8) is 0 Å². The van der Waals surface area contributed by atoms with Gasteiger partial charge >= 0.3 is 37.9 Å². The van der Waals surface area contributed by atoms with Crippen LogP contribution in [0.5, 0.6) is 0 Å². The zero-order valence-corrected chi connectivity index (χ0v) is 38.5. The second-order valence-electron chi connectivity index (χ2n) is 16.1. The van der Waals surface area contributed by atoms with Crippen LogP contribution >= 0.6 is 17.0 Å². The Balaban J connectivity index is 0.000000239. The van der Waals surface area contributed by atoms with E-state index in [0.29, 0.717) is 5.92 Å². The van der Waals surface area contributed by atoms with E-state index in [-0.39, 0.29) is 10.8 Å². The standard InChI is InChI=1S/C23H27.C22H25.C2H6Si.2ClH.Zr/c1-14-12-20-16(3)15(2)17(4)22(21(20)13-14)18-8-10-19(11-9-18)23(5,6)7;1-15(2)18-13-17-7-6-8-20(21(17)14-18)16-9-11-19(12-10-16)22(3,4)5;1-3-2;;;/h8-13H,1-7H3;6-15H,1-5H3;1-2H3;2*1H;/q2*-1;;;;+4/p-2. The molecule has 0 bridgehead atoms. The summed E-state index contributed by atoms with van der Waals surface area (Å²) in [5, 5.41) is 5.52. The third-order valence-corrected chi connectivity index (χ3v) is 9.75. The Morgan fingerprint density at radius 3 is 1.59 bits per heavy atom. The van der Waals surface area contributed by atoms with Crippen molar-refractivity contribution < 1.29 is 20.8 Å². The molecule has 0 saturated heterocycles. The average molecular weight is 813 g/mol. The second-order valence-corrected chi connectivity index (χ2v) is 20.8. The summed E-state index contributed by atoms with van der Waals surface area (Å²) in [6.07, 6.45) is 0. The molecule has 6 rings (SSSR count). The molecular formula is C47H58Cl2SiZr. The molecule has 0 atom stereocenters. The number of hydrogen-bond donors (Lipinski definition) is 0. The van der Waals surface area contributed by atoms with Gasteiger partial charge in [0.05, 0.1) is 0 Å². The van der Waals surface area contributed by atoms with Crippen molar-refractivity contribution in [2.45, 2.75) is 113 Å². The van der Waals surface area contributed by atoms with Crippen LogP contribution in [0.15, 0.2) is 91.0 Å². The van der Waals surface area contributed by atoms with Crippen LogP contribution in [0.25, 0.3) is 43.8 Å². The number of benzene rings is 4. The minimum absolute atomic E-state index is 0.197. The summed E-state index contributed by atoms with van der Waals surface area (Å²) in [6.45, 7) is 31.3. The van der Waals surface area contributed by atoms with Gasteiger partial charge in [0.25, 0.3) is 0 Å². The molecule has 268 valence electrons. The maximum atomic E-state index is 4.93. The molecule has 51 heavy (non-hydrogen) atoms. The molecule has 0 saturated carbocycles. The SMILES string of the molecule is CC(C)c1cc2c(-c3ccc(C(C)(C)C)cc3)cccc2[cH-]1.C[Si]C.Cc1cc2c(-c3ccc(C(C)(C)C)cc3)c(C)c(C)c(C)c2[cH-]1.[Cl][Zr+2][Cl]. The van der Waals surface area contributed by atoms with Crippen LogP contribution in [0.4, 0.5) is 0 Å². The van der Waals surface area contributed by atoms with E-state index >= 15 is 0 Å². The fourth-order valence-corrected chi connectivity index (χ4v) is 6.54. The first-order chi connectivity index (χ1) is 23.9. The number of fused-ring (bicyclic) bond motifs is 2. The quantitative estimate of drug-likeness (QED) is 0.123. The molecule has 0 amide bonds. The first-order valence-corrected chi connectivity index (χ1v) is 26.3. The molecule has 0 aliphatic heterocycles. The van der Waals surface area contributed by atoms with Crippen molar-refractivity contribution in [1.29, 1.82) is 0 Å². The maximum absolute atomic E-state index is 4.93. The van der Waals surface area contributed by atoms with E-state index in [0.717, 1.165) is 9.52 Å². The molecule has 0 unspecified atom stereocenters. The fraction of sp³-hybridized carbons (Fsp3) is 0.362. The van der Waals surface area contributed by atoms with Gasteiger partial charge in [-0.05, 0) is 52.8 Å². The normalized spacial score (nSPS) is 11.3. The van der Waals surface area contributed by atoms with Gasteiger partial charge in [-0.25, -0.2) is 0 Å². The van der Waals surface area contributed by atoms with Crippen molar-refractivity contribution in [1.82, 2.24) is 0 Å². The van der Waals surface area contributed by atoms with Crippen LogP contribution in [0.2, 0.25) is 13.1 Å². The van der Waals surface area contributed by atoms with E-state index in [2.05, 4.69) is 187 Å². The summed E-state index contributed by atoms with van der Waals surface area (Å²) < 4.78 is 0. The molecule has 0 heterocycles. The van der Waals surface area contributed by atoms with Crippen LogP contribution in [0.3, 0.4) is 0 Å². The molecule has 6 aromatic rings. The van der Waals surface area contributed by atoms with E-state index in [1.54, 1.807) is 0 Å². The number of halogens is 2. The van der Waals surface area contributed by atoms with Gasteiger partial charge in [-0.1, -0.05) is 159 Å². The zero-order valence-electron chi connectivity index (χ0n) is 33.5. The van der Waals surface area contributed by atoms with Gasteiger partial charge in [-0.2, -0.15) is 12.1 Å². The number of rotatable bonds is 3. The van der Waals surface area contributed by atoms with Crippen molar-refractivity contribution in [3.05, 3.63) is 130 Å². The third-order valence-electron chi connectivity index (χ3n) is 9.75. The topological polar surface area (TPSA) is 0 Å². The van der Waals surface area contributed by atoms with Gasteiger partial charge in [-0.15, -0.1) is 62.5 Å². The van der Waals surface area contributed by atoms with Crippen molar-refractivity contribution in [3.8, 4) is 22.3 Å². The monoisotopic (exact) mass is 810 g/mol. The third kappa shape index (κ3) is 10.9. The average Bonchev–Trinajstić information content (AvgIpc) is 3.68. The Morgan fingerprint density at radius 2 is 1.12 bits per heavy atom. The predicted molar refractivity (Wildman–Crippen MR) is 230 cm³/mol. The van der Waals surface area contributed by atoms with Crippen LogP contribution in [0.1, 0.15) is 100 Å². The molecule has 0 fully saturated rings. The van der Waals surface area contributed by atoms with Gasteiger partial charge in [0, 0.05) is 9.52 Å². The molecular weight excluding hydrogens is 755 g/mol. The van der Waals surface area contributed by atoms with Gasteiger partial charge in [-0.3, -0.25) is 0 Å². The summed E-state index contributed by atoms with van der Waals surface area (Å²) in [7, 11) is 11.0. The molecule has 6 aromatic carbocycles. The molecule has 0 aliphatic rings. The molecule has 2 radical (unpaired) electrons. The van der Waals surface area contributed by atoms with E-state index < -0.39 is 20.8 Å². The summed E-state index contributed by atoms with van der Waals surface area (Å²) in [5.41, 5.74) is 15.6. The molecule has 0 aromatic heterocycles. The summed E-state index contributed by atoms with van der Waals surface area (Å²) >= 11 is -0.826. The van der Waals surface area contributed by atoms with Crippen LogP contribution in [-0.4, -0.2) is 9.52 Å². The molecule has 0 spiro atoms. The number of hydrogen-bond acceptors (Lipinski definition) is 0. The Morgan fingerprint density at radius 1 is 0.627 bits per heavy atom. The van der Waals surface area contributed by atoms with Gasteiger partial charge in [0.15, 0.2) is 0 Å². The van der Waals surface area contributed by atoms with E-state index in [4.69, 9.17) is 17.0 Å². The van der Waals surface area contributed by atoms with Crippen LogP contribution in [0, 0.1) is 27.7 Å². The molecule has 0 aliphatic carbocycles. The molecule has 4 heteroatoms. The van der Waals surface area contributed by atoms with Gasteiger partial charge in [0.1, 0.15) is 0 Å². The van der Waals surface area contributed by atoms with Crippen molar-refractivity contribution in [2.24, 2.45) is 0 Å². The Kier molecular flexibility index (Phi) is 15.8. The molecule has 0 nitrogen and oxygen atoms in total. The van der Waals surface area contributed by atoms with Crippen molar-refractivity contribution >= 4 is 48.1 Å². The summed E-state index contributed by atoms with van der Waals surface area (Å²) in [5.74, 6) is 0.573. The second kappa shape index (κ2) is 18.7. The predicted octanol–water partition coefficient (Wildman–Crippen LogP) is 15.6. The summed E-state index contributed by atoms with van der Waals surface area (Å²) in [4.78, 5) is 0. The van der Waals surface area contributed by atoms with Crippen LogP contribution in [-0.2, 0) is 31.7 Å². The molecule has 0 N–H and O–H groups in total. The Hall–Kier alpha value is -2.22. The van der Waals surface area contributed by atoms with Gasteiger partial charge in [0.2, 0.25) is 0 Å². The Labute approximate surface area is 331 Å². The fourth-order valence-electron chi connectivity index (χ4n) is 6.54. The Bertz CT molecular complexity index is 1990. The summed E-state index contributed by atoms with van der Waals surface area (Å²) in [6, 6.07) is 34.2. The van der Waals surface area contributed by atoms with E-state index in [1.165, 1.54) is 82.7 Å². The zero-order chi connectivity index (χ0) is 38.3. The van der Waals surface area contributed by atoms with Crippen LogP contribution < -0.4 is 0 Å². The first kappa shape index (κ1) is 43.2. The first-order valence-electron chi connectivity index (χ1n) is 18.0. The van der Waals surface area contributed by atoms with Crippen molar-refractivity contribution in [2.75, 3.05) is 0 Å². The van der Waals surface area contributed by atoms with Gasteiger partial charge < -0.3 is 0 Å². The van der Waals surface area contributed by atoms with E-state index in [1.807, 2.05) is 0 Å². The minimum atomic E-state index is -0.826. The van der Waals surface area contributed by atoms with E-state index in [9.17, 15) is 0 Å².